The number of ether oxygens (including phenoxy) is 2. The SMILES string of the molecule is C#CC1(O)CC(C)C1.CC1CC(O)(C#Cc2cc3c(cc2F)OCCn2cc(C(N)=O)nc2-3)C1.NC(=O)c1cn2c(n1)-c1cc(Br)c(F)cc1OCC2. The van der Waals surface area contributed by atoms with E-state index in [1.807, 2.05) is 6.92 Å². The van der Waals surface area contributed by atoms with Gasteiger partial charge in [0.25, 0.3) is 11.8 Å². The van der Waals surface area contributed by atoms with Crippen molar-refractivity contribution in [2.24, 2.45) is 23.3 Å². The molecule has 53 heavy (non-hydrogen) atoms. The number of hydrogen-bond acceptors (Lipinski definition) is 8. The summed E-state index contributed by atoms with van der Waals surface area (Å²) in [7, 11) is 0. The highest BCUT2D eigenvalue weighted by atomic mass is 79.9. The third kappa shape index (κ3) is 8.08. The Balaban J connectivity index is 0.000000155. The molecule has 0 spiro atoms. The Morgan fingerprint density at radius 1 is 0.849 bits per heavy atom. The standard InChI is InChI=1S/C19H18FN3O3.C12H9BrFN3O2.C7H10O/c1-11-8-19(25,9-11)3-2-12-6-13-16(7-14(12)20)26-5-4-23-10-15(17(21)24)22-18(13)23;13-7-3-6-10(4-8(7)14)19-2-1-17-5-9(11(15)18)16-12(6)17;1-3-7(8)4-6(2)5-7/h6-7,10-11,25H,4-5,8-9H2,1H3,(H2,21,24);3-5H,1-2H2,(H2,15,18);1,6,8H,4-5H2,2H3. The van der Waals surface area contributed by atoms with E-state index in [1.54, 1.807) is 27.6 Å². The van der Waals surface area contributed by atoms with E-state index >= 15 is 0 Å². The number of carbonyl (C=O) groups excluding carboxylic acids is 2. The first kappa shape index (κ1) is 37.5. The third-order valence-electron chi connectivity index (χ3n) is 9.25. The highest BCUT2D eigenvalue weighted by molar-refractivity contribution is 9.10. The molecule has 0 radical (unpaired) electrons. The van der Waals surface area contributed by atoms with Crippen LogP contribution in [0.25, 0.3) is 22.8 Å². The highest BCUT2D eigenvalue weighted by Gasteiger charge is 2.39. The summed E-state index contributed by atoms with van der Waals surface area (Å²) in [4.78, 5) is 31.0. The van der Waals surface area contributed by atoms with Crippen LogP contribution in [-0.2, 0) is 13.1 Å². The number of hydrogen-bond donors (Lipinski definition) is 4. The van der Waals surface area contributed by atoms with Crippen LogP contribution in [0.5, 0.6) is 11.5 Å². The van der Waals surface area contributed by atoms with E-state index in [9.17, 15) is 23.5 Å². The van der Waals surface area contributed by atoms with Gasteiger partial charge in [-0.1, -0.05) is 31.6 Å². The van der Waals surface area contributed by atoms with E-state index in [0.29, 0.717) is 89.7 Å². The second-order valence-corrected chi connectivity index (χ2v) is 14.6. The molecule has 0 unspecified atom stereocenters. The number of nitrogens with zero attached hydrogens (tertiary/aromatic N) is 4. The van der Waals surface area contributed by atoms with Crippen molar-refractivity contribution in [3.8, 4) is 58.5 Å². The lowest BCUT2D eigenvalue weighted by atomic mass is 9.72. The van der Waals surface area contributed by atoms with Gasteiger partial charge in [0.15, 0.2) is 0 Å². The topological polar surface area (TPSA) is 181 Å². The van der Waals surface area contributed by atoms with E-state index in [0.717, 1.165) is 12.8 Å². The first-order valence-electron chi connectivity index (χ1n) is 16.9. The van der Waals surface area contributed by atoms with Gasteiger partial charge < -0.3 is 40.3 Å². The second kappa shape index (κ2) is 14.7. The zero-order valence-electron chi connectivity index (χ0n) is 29.0. The van der Waals surface area contributed by atoms with Crippen LogP contribution in [0.2, 0.25) is 0 Å². The van der Waals surface area contributed by atoms with Gasteiger partial charge in [0.05, 0.1) is 34.3 Å². The molecule has 12 nitrogen and oxygen atoms in total. The summed E-state index contributed by atoms with van der Waals surface area (Å²) in [6.45, 7) is 5.79. The second-order valence-electron chi connectivity index (χ2n) is 13.8. The highest BCUT2D eigenvalue weighted by Crippen LogP contribution is 2.39. The number of halogens is 3. The molecule has 4 aromatic rings. The van der Waals surface area contributed by atoms with Gasteiger partial charge in [-0.05, 0) is 65.6 Å². The number of aromatic nitrogens is 4. The maximum Gasteiger partial charge on any atom is 0.268 e. The van der Waals surface area contributed by atoms with Gasteiger partial charge in [0, 0.05) is 24.5 Å². The van der Waals surface area contributed by atoms with Crippen LogP contribution in [0.3, 0.4) is 0 Å². The van der Waals surface area contributed by atoms with Crippen molar-refractivity contribution in [3.05, 3.63) is 69.7 Å². The molecule has 276 valence electrons. The van der Waals surface area contributed by atoms with E-state index in [-0.39, 0.29) is 17.0 Å². The van der Waals surface area contributed by atoms with Crippen molar-refractivity contribution in [3.63, 3.8) is 0 Å². The maximum atomic E-state index is 14.4. The smallest absolute Gasteiger partial charge is 0.268 e. The molecule has 4 heterocycles. The molecule has 6 N–H and O–H groups in total. The molecule has 2 aromatic carbocycles. The molecular weight excluding hydrogens is 754 g/mol. The summed E-state index contributed by atoms with van der Waals surface area (Å²) in [6, 6.07) is 5.69. The fraction of sp³-hybridized carbons (Fsp3) is 0.368. The van der Waals surface area contributed by atoms with Crippen molar-refractivity contribution in [1.29, 1.82) is 0 Å². The van der Waals surface area contributed by atoms with E-state index in [4.69, 9.17) is 32.5 Å². The molecule has 15 heteroatoms. The molecule has 2 fully saturated rings. The summed E-state index contributed by atoms with van der Waals surface area (Å²) in [6.07, 6.45) is 10.9. The maximum absolute atomic E-state index is 14.4. The van der Waals surface area contributed by atoms with Gasteiger partial charge in [-0.2, -0.15) is 0 Å². The molecule has 2 aliphatic heterocycles. The monoisotopic (exact) mass is 790 g/mol. The lowest BCUT2D eigenvalue weighted by molar-refractivity contribution is -0.0153. The van der Waals surface area contributed by atoms with Gasteiger partial charge in [-0.25, -0.2) is 18.7 Å². The number of primary amides is 2. The van der Waals surface area contributed by atoms with Gasteiger partial charge in [-0.15, -0.1) is 6.42 Å². The van der Waals surface area contributed by atoms with Crippen LogP contribution in [-0.4, -0.2) is 65.5 Å². The van der Waals surface area contributed by atoms with Crippen LogP contribution in [0.15, 0.2) is 41.1 Å². The number of nitrogens with two attached hydrogens (primary N) is 2. The van der Waals surface area contributed by atoms with Crippen molar-refractivity contribution >= 4 is 27.7 Å². The number of terminal acetylenes is 1. The van der Waals surface area contributed by atoms with E-state index < -0.39 is 34.7 Å². The van der Waals surface area contributed by atoms with Crippen molar-refractivity contribution in [1.82, 2.24) is 19.1 Å². The van der Waals surface area contributed by atoms with Crippen molar-refractivity contribution in [2.75, 3.05) is 13.2 Å². The Morgan fingerprint density at radius 2 is 1.32 bits per heavy atom. The Hall–Kier alpha value is -5.22. The summed E-state index contributed by atoms with van der Waals surface area (Å²) in [5, 5.41) is 19.4. The fourth-order valence-electron chi connectivity index (χ4n) is 6.71. The number of imidazole rings is 2. The van der Waals surface area contributed by atoms with E-state index in [1.165, 1.54) is 18.2 Å². The van der Waals surface area contributed by atoms with Gasteiger partial charge >= 0.3 is 0 Å². The quantitative estimate of drug-likeness (QED) is 0.216. The fourth-order valence-corrected chi connectivity index (χ4v) is 7.05. The Morgan fingerprint density at radius 3 is 1.77 bits per heavy atom. The molecule has 4 aliphatic rings. The lowest BCUT2D eigenvalue weighted by Crippen LogP contribution is -2.41. The van der Waals surface area contributed by atoms with Gasteiger partial charge in [0.2, 0.25) is 0 Å². The zero-order chi connectivity index (χ0) is 38.2. The van der Waals surface area contributed by atoms with Crippen LogP contribution >= 0.6 is 15.9 Å². The molecule has 2 amide bonds. The molecule has 8 rings (SSSR count). The first-order chi connectivity index (χ1) is 25.1. The molecule has 0 atom stereocenters. The number of rotatable bonds is 2. The minimum Gasteiger partial charge on any atom is -0.491 e. The van der Waals surface area contributed by atoms with E-state index in [2.05, 4.69) is 50.6 Å². The molecule has 2 saturated carbocycles. The minimum absolute atomic E-state index is 0.141. The minimum atomic E-state index is -1.05. The molecular formula is C38H37BrF2N6O6. The number of benzene rings is 2. The Kier molecular flexibility index (Phi) is 10.4. The summed E-state index contributed by atoms with van der Waals surface area (Å²) in [5.74, 6) is 8.53. The van der Waals surface area contributed by atoms with Crippen molar-refractivity contribution in [2.45, 2.75) is 63.8 Å². The number of carbonyl (C=O) groups is 2. The van der Waals surface area contributed by atoms with Crippen LogP contribution < -0.4 is 20.9 Å². The Labute approximate surface area is 312 Å². The van der Waals surface area contributed by atoms with Crippen molar-refractivity contribution < 1.29 is 38.1 Å². The normalized spacial score (nSPS) is 23.0. The van der Waals surface area contributed by atoms with Crippen LogP contribution in [0.4, 0.5) is 8.78 Å². The predicted octanol–water partition coefficient (Wildman–Crippen LogP) is 4.42. The van der Waals surface area contributed by atoms with Gasteiger partial charge in [0.1, 0.15) is 70.6 Å². The summed E-state index contributed by atoms with van der Waals surface area (Å²) < 4.78 is 42.9. The predicted molar refractivity (Wildman–Crippen MR) is 193 cm³/mol. The zero-order valence-corrected chi connectivity index (χ0v) is 30.5. The molecule has 2 aromatic heterocycles. The average molecular weight is 792 g/mol. The summed E-state index contributed by atoms with van der Waals surface area (Å²) >= 11 is 3.13. The van der Waals surface area contributed by atoms with Crippen LogP contribution in [0, 0.1) is 47.7 Å². The largest absolute Gasteiger partial charge is 0.491 e. The molecule has 2 aliphatic carbocycles. The number of fused-ring (bicyclic) bond motifs is 6. The van der Waals surface area contributed by atoms with Crippen LogP contribution in [0.1, 0.15) is 66.1 Å². The third-order valence-corrected chi connectivity index (χ3v) is 9.86. The number of aliphatic hydroxyl groups is 2. The molecule has 0 bridgehead atoms. The number of amides is 2. The first-order valence-corrected chi connectivity index (χ1v) is 17.6. The lowest BCUT2D eigenvalue weighted by Gasteiger charge is -2.37. The Bertz CT molecular complexity index is 2200. The van der Waals surface area contributed by atoms with Gasteiger partial charge in [-0.3, -0.25) is 9.59 Å². The summed E-state index contributed by atoms with van der Waals surface area (Å²) in [5.41, 5.74) is 10.4. The average Bonchev–Trinajstić information content (AvgIpc) is 3.62. The molecule has 0 saturated heterocycles.